The van der Waals surface area contributed by atoms with E-state index in [1.54, 1.807) is 30.0 Å². The maximum absolute atomic E-state index is 13.1. The molecule has 0 bridgehead atoms. The molecule has 2 amide bonds. The van der Waals surface area contributed by atoms with E-state index in [0.717, 1.165) is 16.5 Å². The molecule has 1 N–H and O–H groups in total. The van der Waals surface area contributed by atoms with Crippen LogP contribution in [0.5, 0.6) is 0 Å². The molecular formula is C21H23BrCl2N2O2. The Labute approximate surface area is 184 Å². The van der Waals surface area contributed by atoms with Crippen LogP contribution in [0.15, 0.2) is 46.9 Å². The highest BCUT2D eigenvalue weighted by atomic mass is 79.9. The average Bonchev–Trinajstić information content (AvgIpc) is 2.65. The highest BCUT2D eigenvalue weighted by Gasteiger charge is 2.26. The second kappa shape index (κ2) is 10.8. The number of amides is 2. The number of carbonyl (C=O) groups excluding carboxylic acids is 2. The minimum Gasteiger partial charge on any atom is -0.354 e. The Morgan fingerprint density at radius 1 is 1.18 bits per heavy atom. The summed E-state index contributed by atoms with van der Waals surface area (Å²) in [5.41, 5.74) is 1.61. The Morgan fingerprint density at radius 2 is 1.93 bits per heavy atom. The van der Waals surface area contributed by atoms with Gasteiger partial charge in [0.2, 0.25) is 11.8 Å². The van der Waals surface area contributed by atoms with Crippen molar-refractivity contribution >= 4 is 50.9 Å². The quantitative estimate of drug-likeness (QED) is 0.555. The maximum Gasteiger partial charge on any atom is 0.242 e. The van der Waals surface area contributed by atoms with E-state index in [9.17, 15) is 9.59 Å². The normalized spacial score (nSPS) is 11.8. The molecule has 1 atom stereocenters. The summed E-state index contributed by atoms with van der Waals surface area (Å²) in [5.74, 6) is -0.351. The van der Waals surface area contributed by atoms with Crippen molar-refractivity contribution in [2.24, 2.45) is 0 Å². The van der Waals surface area contributed by atoms with Crippen molar-refractivity contribution in [1.82, 2.24) is 10.2 Å². The third kappa shape index (κ3) is 6.50. The standard InChI is InChI=1S/C21H23BrCl2N2O2/c1-3-9-25-21(28)14(2)26(13-15-5-4-6-17(22)10-15)20(27)11-16-7-8-18(23)12-19(16)24/h4-8,10,12,14H,3,9,11,13H2,1-2H3,(H,25,28). The molecule has 0 heterocycles. The van der Waals surface area contributed by atoms with Gasteiger partial charge in [-0.3, -0.25) is 9.59 Å². The lowest BCUT2D eigenvalue weighted by Crippen LogP contribution is -2.48. The highest BCUT2D eigenvalue weighted by molar-refractivity contribution is 9.10. The first-order valence-corrected chi connectivity index (χ1v) is 10.6. The van der Waals surface area contributed by atoms with Crippen LogP contribution in [-0.4, -0.2) is 29.3 Å². The number of nitrogens with one attached hydrogen (secondary N) is 1. The number of hydrogen-bond donors (Lipinski definition) is 1. The summed E-state index contributed by atoms with van der Waals surface area (Å²) in [5, 5.41) is 3.81. The van der Waals surface area contributed by atoms with E-state index < -0.39 is 6.04 Å². The van der Waals surface area contributed by atoms with E-state index in [1.807, 2.05) is 31.2 Å². The lowest BCUT2D eigenvalue weighted by Gasteiger charge is -2.29. The zero-order valence-corrected chi connectivity index (χ0v) is 18.9. The fourth-order valence-electron chi connectivity index (χ4n) is 2.74. The molecule has 0 aromatic heterocycles. The Hall–Kier alpha value is -1.56. The van der Waals surface area contributed by atoms with Gasteiger partial charge in [0.25, 0.3) is 0 Å². The summed E-state index contributed by atoms with van der Waals surface area (Å²) in [4.78, 5) is 27.2. The van der Waals surface area contributed by atoms with E-state index in [4.69, 9.17) is 23.2 Å². The predicted molar refractivity (Wildman–Crippen MR) is 118 cm³/mol. The van der Waals surface area contributed by atoms with Gasteiger partial charge in [-0.25, -0.2) is 0 Å². The molecule has 2 aromatic carbocycles. The lowest BCUT2D eigenvalue weighted by molar-refractivity contribution is -0.140. The molecule has 2 aromatic rings. The van der Waals surface area contributed by atoms with Gasteiger partial charge in [0, 0.05) is 27.6 Å². The van der Waals surface area contributed by atoms with Gasteiger partial charge in [0.15, 0.2) is 0 Å². The molecule has 0 aliphatic heterocycles. The molecule has 28 heavy (non-hydrogen) atoms. The van der Waals surface area contributed by atoms with Crippen LogP contribution in [0.4, 0.5) is 0 Å². The van der Waals surface area contributed by atoms with Crippen molar-refractivity contribution in [2.75, 3.05) is 6.54 Å². The van der Waals surface area contributed by atoms with Crippen molar-refractivity contribution in [2.45, 2.75) is 39.3 Å². The van der Waals surface area contributed by atoms with Crippen LogP contribution in [0.1, 0.15) is 31.4 Å². The summed E-state index contributed by atoms with van der Waals surface area (Å²) in [6.07, 6.45) is 0.924. The zero-order chi connectivity index (χ0) is 20.7. The first-order valence-electron chi connectivity index (χ1n) is 9.07. The molecule has 0 spiro atoms. The summed E-state index contributed by atoms with van der Waals surface area (Å²) in [7, 11) is 0. The lowest BCUT2D eigenvalue weighted by atomic mass is 10.1. The molecule has 0 saturated carbocycles. The third-order valence-electron chi connectivity index (χ3n) is 4.32. The predicted octanol–water partition coefficient (Wildman–Crippen LogP) is 5.24. The fourth-order valence-corrected chi connectivity index (χ4v) is 3.66. The van der Waals surface area contributed by atoms with Crippen LogP contribution < -0.4 is 5.32 Å². The van der Waals surface area contributed by atoms with Crippen molar-refractivity contribution in [3.8, 4) is 0 Å². The Balaban J connectivity index is 2.25. The van der Waals surface area contributed by atoms with Gasteiger partial charge in [0.05, 0.1) is 6.42 Å². The second-order valence-corrected chi connectivity index (χ2v) is 8.29. The first kappa shape index (κ1) is 22.7. The van der Waals surface area contributed by atoms with Gasteiger partial charge in [0.1, 0.15) is 6.04 Å². The van der Waals surface area contributed by atoms with Gasteiger partial charge >= 0.3 is 0 Å². The molecule has 150 valence electrons. The largest absolute Gasteiger partial charge is 0.354 e. The van der Waals surface area contributed by atoms with Gasteiger partial charge in [-0.1, -0.05) is 64.3 Å². The molecule has 4 nitrogen and oxygen atoms in total. The number of benzene rings is 2. The summed E-state index contributed by atoms with van der Waals surface area (Å²) >= 11 is 15.6. The minimum absolute atomic E-state index is 0.0927. The summed E-state index contributed by atoms with van der Waals surface area (Å²) in [6.45, 7) is 4.62. The van der Waals surface area contributed by atoms with Crippen LogP contribution >= 0.6 is 39.1 Å². The molecule has 0 aliphatic carbocycles. The van der Waals surface area contributed by atoms with E-state index in [1.165, 1.54) is 0 Å². The van der Waals surface area contributed by atoms with Crippen molar-refractivity contribution in [1.29, 1.82) is 0 Å². The molecular weight excluding hydrogens is 463 g/mol. The van der Waals surface area contributed by atoms with Gasteiger partial charge in [-0.05, 0) is 48.7 Å². The number of rotatable bonds is 8. The van der Waals surface area contributed by atoms with Crippen molar-refractivity contribution in [3.63, 3.8) is 0 Å². The maximum atomic E-state index is 13.1. The Kier molecular flexibility index (Phi) is 8.80. The van der Waals surface area contributed by atoms with Gasteiger partial charge in [-0.15, -0.1) is 0 Å². The third-order valence-corrected chi connectivity index (χ3v) is 5.40. The first-order chi connectivity index (χ1) is 13.3. The fraction of sp³-hybridized carbons (Fsp3) is 0.333. The summed E-state index contributed by atoms with van der Waals surface area (Å²) in [6, 6.07) is 12.1. The Morgan fingerprint density at radius 3 is 2.57 bits per heavy atom. The van der Waals surface area contributed by atoms with Crippen molar-refractivity contribution < 1.29 is 9.59 Å². The average molecular weight is 486 g/mol. The number of hydrogen-bond acceptors (Lipinski definition) is 2. The second-order valence-electron chi connectivity index (χ2n) is 6.53. The SMILES string of the molecule is CCCNC(=O)C(C)N(Cc1cccc(Br)c1)C(=O)Cc1ccc(Cl)cc1Cl. The van der Waals surface area contributed by atoms with E-state index >= 15 is 0 Å². The molecule has 0 saturated heterocycles. The molecule has 0 fully saturated rings. The smallest absolute Gasteiger partial charge is 0.242 e. The van der Waals surface area contributed by atoms with Crippen LogP contribution in [0.2, 0.25) is 10.0 Å². The van der Waals surface area contributed by atoms with E-state index in [2.05, 4.69) is 21.2 Å². The van der Waals surface area contributed by atoms with E-state index in [-0.39, 0.29) is 18.2 Å². The molecule has 0 aliphatic rings. The zero-order valence-electron chi connectivity index (χ0n) is 15.8. The highest BCUT2D eigenvalue weighted by Crippen LogP contribution is 2.23. The molecule has 0 radical (unpaired) electrons. The van der Waals surface area contributed by atoms with Crippen LogP contribution in [0.3, 0.4) is 0 Å². The van der Waals surface area contributed by atoms with Crippen LogP contribution in [-0.2, 0) is 22.6 Å². The van der Waals surface area contributed by atoms with Crippen LogP contribution in [0, 0.1) is 0 Å². The number of nitrogens with zero attached hydrogens (tertiary/aromatic N) is 1. The number of carbonyl (C=O) groups is 2. The van der Waals surface area contributed by atoms with E-state index in [0.29, 0.717) is 28.7 Å². The van der Waals surface area contributed by atoms with Crippen molar-refractivity contribution in [3.05, 3.63) is 68.1 Å². The Bertz CT molecular complexity index is 845. The van der Waals surface area contributed by atoms with Gasteiger partial charge < -0.3 is 10.2 Å². The summed E-state index contributed by atoms with van der Waals surface area (Å²) < 4.78 is 0.918. The monoisotopic (exact) mass is 484 g/mol. The number of halogens is 3. The molecule has 7 heteroatoms. The van der Waals surface area contributed by atoms with Crippen LogP contribution in [0.25, 0.3) is 0 Å². The molecule has 1 unspecified atom stereocenters. The minimum atomic E-state index is -0.607. The topological polar surface area (TPSA) is 49.4 Å². The molecule has 2 rings (SSSR count). The van der Waals surface area contributed by atoms with Gasteiger partial charge in [-0.2, -0.15) is 0 Å².